The van der Waals surface area contributed by atoms with E-state index in [0.29, 0.717) is 23.6 Å². The second kappa shape index (κ2) is 7.40. The predicted octanol–water partition coefficient (Wildman–Crippen LogP) is -0.362. The van der Waals surface area contributed by atoms with Crippen LogP contribution in [0.1, 0.15) is 15.9 Å². The van der Waals surface area contributed by atoms with E-state index in [9.17, 15) is 4.79 Å². The highest BCUT2D eigenvalue weighted by Gasteiger charge is 2.24. The zero-order valence-electron chi connectivity index (χ0n) is 11.0. The largest absolute Gasteiger partial charge is 1.00 e. The standard InChI is InChI=1S/C15H15NO3.ClH/c1-18-15(17)13-9-12(16)7-8-14(13)19-10-11-5-3-2-4-6-11;/h2-9H,10,16H2,1H3;1H/q+1;/p-1. The van der Waals surface area contributed by atoms with E-state index in [2.05, 4.69) is 0 Å². The van der Waals surface area contributed by atoms with Crippen LogP contribution in [0.25, 0.3) is 0 Å². The molecule has 2 aromatic rings. The lowest BCUT2D eigenvalue weighted by Gasteiger charge is -2.08. The van der Waals surface area contributed by atoms with Crippen LogP contribution in [0, 0.1) is 0 Å². The van der Waals surface area contributed by atoms with Gasteiger partial charge in [-0.15, -0.1) is 0 Å². The van der Waals surface area contributed by atoms with E-state index in [1.807, 2.05) is 30.3 Å². The first-order valence-electron chi connectivity index (χ1n) is 5.85. The third-order valence-electron chi connectivity index (χ3n) is 2.65. The molecule has 2 N–H and O–H groups in total. The number of hydrogen-bond donors (Lipinski definition) is 1. The molecule has 0 heterocycles. The molecule has 0 aliphatic carbocycles. The highest BCUT2D eigenvalue weighted by Crippen LogP contribution is 2.23. The van der Waals surface area contributed by atoms with Crippen molar-refractivity contribution in [3.8, 4) is 5.75 Å². The highest BCUT2D eigenvalue weighted by atomic mass is 35.5. The van der Waals surface area contributed by atoms with Crippen molar-refractivity contribution in [1.82, 2.24) is 0 Å². The molecular formula is C15H15ClNO3. The third kappa shape index (κ3) is 3.90. The molecule has 0 fully saturated rings. The van der Waals surface area contributed by atoms with Gasteiger partial charge in [0.1, 0.15) is 12.4 Å². The van der Waals surface area contributed by atoms with Gasteiger partial charge in [-0.2, -0.15) is 0 Å². The fraction of sp³-hybridized carbons (Fsp3) is 0.133. The van der Waals surface area contributed by atoms with Crippen molar-refractivity contribution < 1.29 is 26.7 Å². The van der Waals surface area contributed by atoms with Crippen LogP contribution in [0.2, 0.25) is 0 Å². The number of hydrogen-bond acceptors (Lipinski definition) is 4. The van der Waals surface area contributed by atoms with Gasteiger partial charge in [0.05, 0.1) is 4.79 Å². The van der Waals surface area contributed by atoms with Crippen LogP contribution in [0.15, 0.2) is 48.5 Å². The molecule has 0 atom stereocenters. The molecular weight excluding hydrogens is 278 g/mol. The van der Waals surface area contributed by atoms with Crippen LogP contribution in [0.3, 0.4) is 0 Å². The Morgan fingerprint density at radius 3 is 2.55 bits per heavy atom. The first-order valence-corrected chi connectivity index (χ1v) is 5.85. The minimum absolute atomic E-state index is 0. The van der Waals surface area contributed by atoms with Crippen molar-refractivity contribution in [2.24, 2.45) is 0 Å². The van der Waals surface area contributed by atoms with Gasteiger partial charge in [-0.1, -0.05) is 30.3 Å². The summed E-state index contributed by atoms with van der Waals surface area (Å²) in [6.45, 7) is 0.384. The number of anilines is 1. The molecule has 20 heavy (non-hydrogen) atoms. The van der Waals surface area contributed by atoms with Crippen molar-refractivity contribution in [2.75, 3.05) is 12.8 Å². The Balaban J connectivity index is 0.00000200. The van der Waals surface area contributed by atoms with E-state index in [4.69, 9.17) is 15.2 Å². The lowest BCUT2D eigenvalue weighted by Crippen LogP contribution is -3.00. The lowest BCUT2D eigenvalue weighted by atomic mass is 10.1. The van der Waals surface area contributed by atoms with Crippen LogP contribution in [-0.4, -0.2) is 13.1 Å². The van der Waals surface area contributed by atoms with Gasteiger partial charge in [0.15, 0.2) is 12.7 Å². The van der Waals surface area contributed by atoms with Crippen molar-refractivity contribution in [3.63, 3.8) is 0 Å². The number of nitrogens with two attached hydrogens (primary N) is 1. The maximum atomic E-state index is 11.6. The Hall–Kier alpha value is -2.20. The summed E-state index contributed by atoms with van der Waals surface area (Å²) in [6.07, 6.45) is 0. The van der Waals surface area contributed by atoms with Crippen molar-refractivity contribution >= 4 is 11.7 Å². The number of rotatable bonds is 4. The fourth-order valence-corrected chi connectivity index (χ4v) is 1.68. The SMILES string of the molecule is C[O+]C(=O)c1cc(N)ccc1OCc1ccccc1.[Cl-]. The predicted molar refractivity (Wildman–Crippen MR) is 73.0 cm³/mol. The zero-order chi connectivity index (χ0) is 13.7. The molecule has 0 spiro atoms. The Bertz CT molecular complexity index is 573. The number of nitrogen functional groups attached to an aromatic ring is 1. The molecule has 1 radical (unpaired) electrons. The monoisotopic (exact) mass is 292 g/mol. The fourth-order valence-electron chi connectivity index (χ4n) is 1.68. The third-order valence-corrected chi connectivity index (χ3v) is 2.65. The number of halogens is 1. The van der Waals surface area contributed by atoms with Crippen LogP contribution in [0.5, 0.6) is 5.75 Å². The Morgan fingerprint density at radius 1 is 1.20 bits per heavy atom. The summed E-state index contributed by atoms with van der Waals surface area (Å²) in [7, 11) is 1.33. The van der Waals surface area contributed by atoms with Crippen LogP contribution >= 0.6 is 0 Å². The molecule has 0 amide bonds. The second-order valence-corrected chi connectivity index (χ2v) is 4.02. The number of ether oxygens (including phenoxy) is 2. The van der Waals surface area contributed by atoms with Gasteiger partial charge >= 0.3 is 5.97 Å². The first kappa shape index (κ1) is 15.9. The quantitative estimate of drug-likeness (QED) is 0.475. The normalized spacial score (nSPS) is 9.45. The summed E-state index contributed by atoms with van der Waals surface area (Å²) in [6, 6.07) is 14.6. The lowest BCUT2D eigenvalue weighted by molar-refractivity contribution is -0.0000194. The van der Waals surface area contributed by atoms with Crippen molar-refractivity contribution in [1.29, 1.82) is 0 Å². The molecule has 0 unspecified atom stereocenters. The highest BCUT2D eigenvalue weighted by molar-refractivity contribution is 5.93. The molecule has 0 bridgehead atoms. The van der Waals surface area contributed by atoms with E-state index < -0.39 is 5.97 Å². The van der Waals surface area contributed by atoms with E-state index in [-0.39, 0.29) is 12.4 Å². The summed E-state index contributed by atoms with van der Waals surface area (Å²) in [4.78, 5) is 11.6. The molecule has 0 aromatic heterocycles. The van der Waals surface area contributed by atoms with E-state index in [1.165, 1.54) is 7.11 Å². The smallest absolute Gasteiger partial charge is 0.611 e. The molecule has 0 aliphatic heterocycles. The average molecular weight is 293 g/mol. The summed E-state index contributed by atoms with van der Waals surface area (Å²) >= 11 is 0. The van der Waals surface area contributed by atoms with Gasteiger partial charge < -0.3 is 27.6 Å². The van der Waals surface area contributed by atoms with Crippen LogP contribution in [0.4, 0.5) is 5.69 Å². The molecule has 0 saturated carbocycles. The van der Waals surface area contributed by atoms with E-state index in [1.54, 1.807) is 18.2 Å². The topological polar surface area (TPSA) is 63.6 Å². The van der Waals surface area contributed by atoms with Gasteiger partial charge in [-0.05, 0) is 23.8 Å². The van der Waals surface area contributed by atoms with Gasteiger partial charge in [0.25, 0.3) is 0 Å². The summed E-state index contributed by atoms with van der Waals surface area (Å²) in [5.74, 6) is 0.000245. The molecule has 0 aliphatic rings. The van der Waals surface area contributed by atoms with Gasteiger partial charge in [-0.25, -0.2) is 0 Å². The Labute approximate surface area is 123 Å². The van der Waals surface area contributed by atoms with Crippen molar-refractivity contribution in [2.45, 2.75) is 6.61 Å². The summed E-state index contributed by atoms with van der Waals surface area (Å²) in [5.41, 5.74) is 7.51. The van der Waals surface area contributed by atoms with Crippen LogP contribution < -0.4 is 22.9 Å². The minimum atomic E-state index is -0.463. The Morgan fingerprint density at radius 2 is 1.90 bits per heavy atom. The second-order valence-electron chi connectivity index (χ2n) is 4.02. The molecule has 0 saturated heterocycles. The minimum Gasteiger partial charge on any atom is -1.00 e. The number of methoxy groups -OCH3 is 1. The maximum Gasteiger partial charge on any atom is 0.611 e. The molecule has 4 nitrogen and oxygen atoms in total. The molecule has 2 aromatic carbocycles. The number of esters is 1. The van der Waals surface area contributed by atoms with Gasteiger partial charge in [0.2, 0.25) is 0 Å². The number of carbonyl (C=O) groups is 1. The maximum absolute atomic E-state index is 11.6. The van der Waals surface area contributed by atoms with Crippen LogP contribution in [-0.2, 0) is 11.3 Å². The summed E-state index contributed by atoms with van der Waals surface area (Å²) < 4.78 is 10.4. The first-order chi connectivity index (χ1) is 9.20. The number of carbonyl (C=O) groups excluding carboxylic acids is 1. The molecule has 105 valence electrons. The van der Waals surface area contributed by atoms with Crippen molar-refractivity contribution in [3.05, 3.63) is 59.7 Å². The van der Waals surface area contributed by atoms with Gasteiger partial charge in [0, 0.05) is 5.69 Å². The van der Waals surface area contributed by atoms with E-state index in [0.717, 1.165) is 5.56 Å². The van der Waals surface area contributed by atoms with Gasteiger partial charge in [-0.3, -0.25) is 0 Å². The average Bonchev–Trinajstić information content (AvgIpc) is 2.46. The van der Waals surface area contributed by atoms with E-state index >= 15 is 0 Å². The zero-order valence-corrected chi connectivity index (χ0v) is 11.8. The molecule has 2 rings (SSSR count). The Kier molecular flexibility index (Phi) is 5.87. The number of benzene rings is 2. The molecule has 5 heteroatoms. The summed E-state index contributed by atoms with van der Waals surface area (Å²) in [5, 5.41) is 0.